The Labute approximate surface area is 235 Å². The van der Waals surface area contributed by atoms with Gasteiger partial charge < -0.3 is 15.0 Å². The van der Waals surface area contributed by atoms with E-state index in [4.69, 9.17) is 16.3 Å². The lowest BCUT2D eigenvalue weighted by Crippen LogP contribution is -2.51. The summed E-state index contributed by atoms with van der Waals surface area (Å²) in [4.78, 5) is 28.1. The number of halogens is 1. The number of nitrogens with one attached hydrogen (secondary N) is 1. The molecular weight excluding hydrogens is 538 g/mol. The van der Waals surface area contributed by atoms with E-state index in [0.717, 1.165) is 15.4 Å². The highest BCUT2D eigenvalue weighted by Gasteiger charge is 2.33. The average Bonchev–Trinajstić information content (AvgIpc) is 2.92. The lowest BCUT2D eigenvalue weighted by Gasteiger charge is -2.32. The Morgan fingerprint density at radius 3 is 2.23 bits per heavy atom. The molecule has 0 spiro atoms. The summed E-state index contributed by atoms with van der Waals surface area (Å²) in [5.41, 5.74) is 2.57. The van der Waals surface area contributed by atoms with Gasteiger partial charge in [-0.3, -0.25) is 13.9 Å². The summed E-state index contributed by atoms with van der Waals surface area (Å²) < 4.78 is 34.1. The van der Waals surface area contributed by atoms with Crippen LogP contribution in [-0.4, -0.2) is 51.4 Å². The van der Waals surface area contributed by atoms with Crippen molar-refractivity contribution in [2.75, 3.05) is 24.5 Å². The predicted octanol–water partition coefficient (Wildman–Crippen LogP) is 4.71. The molecule has 8 nitrogen and oxygen atoms in total. The van der Waals surface area contributed by atoms with Crippen LogP contribution in [0.1, 0.15) is 30.5 Å². The van der Waals surface area contributed by atoms with Gasteiger partial charge in [-0.05, 0) is 75.2 Å². The lowest BCUT2D eigenvalue weighted by molar-refractivity contribution is -0.139. The molecule has 0 saturated carbocycles. The van der Waals surface area contributed by atoms with Crippen molar-refractivity contribution in [2.45, 2.75) is 45.2 Å². The van der Waals surface area contributed by atoms with Crippen molar-refractivity contribution < 1.29 is 22.7 Å². The van der Waals surface area contributed by atoms with Gasteiger partial charge in [0.2, 0.25) is 11.8 Å². The number of carbonyl (C=O) groups excluding carboxylic acids is 2. The number of sulfonamides is 1. The van der Waals surface area contributed by atoms with Crippen LogP contribution in [-0.2, 0) is 26.2 Å². The Morgan fingerprint density at radius 2 is 1.64 bits per heavy atom. The molecule has 3 aromatic carbocycles. The van der Waals surface area contributed by atoms with Crippen molar-refractivity contribution in [1.29, 1.82) is 0 Å². The number of amides is 2. The molecule has 10 heteroatoms. The van der Waals surface area contributed by atoms with Crippen LogP contribution < -0.4 is 14.4 Å². The monoisotopic (exact) mass is 571 g/mol. The van der Waals surface area contributed by atoms with E-state index in [-0.39, 0.29) is 23.0 Å². The fourth-order valence-electron chi connectivity index (χ4n) is 4.03. The van der Waals surface area contributed by atoms with Gasteiger partial charge in [0.05, 0.1) is 17.7 Å². The lowest BCUT2D eigenvalue weighted by atomic mass is 10.1. The van der Waals surface area contributed by atoms with Gasteiger partial charge in [0.15, 0.2) is 0 Å². The van der Waals surface area contributed by atoms with E-state index in [9.17, 15) is 18.0 Å². The number of nitrogens with zero attached hydrogens (tertiary/aromatic N) is 2. The van der Waals surface area contributed by atoms with Gasteiger partial charge in [0, 0.05) is 18.1 Å². The molecule has 0 aromatic heterocycles. The van der Waals surface area contributed by atoms with E-state index in [1.165, 1.54) is 23.1 Å². The minimum absolute atomic E-state index is 0.0405. The van der Waals surface area contributed by atoms with Crippen molar-refractivity contribution >= 4 is 39.1 Å². The zero-order valence-electron chi connectivity index (χ0n) is 22.8. The topological polar surface area (TPSA) is 96.0 Å². The van der Waals surface area contributed by atoms with Crippen LogP contribution in [0, 0.1) is 13.8 Å². The van der Waals surface area contributed by atoms with E-state index < -0.39 is 28.5 Å². The highest BCUT2D eigenvalue weighted by atomic mass is 35.5. The Morgan fingerprint density at radius 1 is 1.00 bits per heavy atom. The number of aryl methyl sites for hydroxylation is 2. The molecule has 0 bridgehead atoms. The number of anilines is 1. The van der Waals surface area contributed by atoms with E-state index in [1.54, 1.807) is 76.4 Å². The first-order chi connectivity index (χ1) is 18.5. The third kappa shape index (κ3) is 7.30. The van der Waals surface area contributed by atoms with Crippen LogP contribution in [0.2, 0.25) is 5.02 Å². The first-order valence-corrected chi connectivity index (χ1v) is 14.4. The Kier molecular flexibility index (Phi) is 9.99. The molecule has 0 aliphatic heterocycles. The molecular formula is C29H34ClN3O5S. The largest absolute Gasteiger partial charge is 0.497 e. The molecule has 39 heavy (non-hydrogen) atoms. The molecule has 3 rings (SSSR count). The standard InChI is InChI=1S/C29H34ClN3O5S/c1-6-31-29(35)22(4)32(18-23-10-13-25(38-5)14-11-23)28(34)19-33(27-17-24(30)12-9-21(27)3)39(36,37)26-15-7-20(2)8-16-26/h7-17,22H,6,18-19H2,1-5H3,(H,31,35)/t22-/m0/s1. The molecule has 2 amide bonds. The van der Waals surface area contributed by atoms with Crippen LogP contribution in [0.4, 0.5) is 5.69 Å². The average molecular weight is 572 g/mol. The molecule has 1 atom stereocenters. The number of hydrogen-bond acceptors (Lipinski definition) is 5. The zero-order valence-corrected chi connectivity index (χ0v) is 24.3. The van der Waals surface area contributed by atoms with E-state index in [1.807, 2.05) is 6.92 Å². The summed E-state index contributed by atoms with van der Waals surface area (Å²) >= 11 is 6.26. The summed E-state index contributed by atoms with van der Waals surface area (Å²) in [6.07, 6.45) is 0. The molecule has 0 aliphatic carbocycles. The highest BCUT2D eigenvalue weighted by molar-refractivity contribution is 7.92. The van der Waals surface area contributed by atoms with Crippen molar-refractivity contribution in [1.82, 2.24) is 10.2 Å². The van der Waals surface area contributed by atoms with E-state index >= 15 is 0 Å². The van der Waals surface area contributed by atoms with Crippen LogP contribution in [0.5, 0.6) is 5.75 Å². The van der Waals surface area contributed by atoms with Crippen LogP contribution in [0.15, 0.2) is 71.6 Å². The Balaban J connectivity index is 2.06. The fraction of sp³-hybridized carbons (Fsp3) is 0.310. The maximum absolute atomic E-state index is 13.9. The number of benzene rings is 3. The number of rotatable bonds is 11. The van der Waals surface area contributed by atoms with Gasteiger partial charge >= 0.3 is 0 Å². The number of hydrogen-bond donors (Lipinski definition) is 1. The van der Waals surface area contributed by atoms with Gasteiger partial charge in [0.25, 0.3) is 10.0 Å². The summed E-state index contributed by atoms with van der Waals surface area (Å²) in [7, 11) is -2.61. The number of carbonyl (C=O) groups is 2. The highest BCUT2D eigenvalue weighted by Crippen LogP contribution is 2.30. The molecule has 1 N–H and O–H groups in total. The second kappa shape index (κ2) is 13.0. The number of ether oxygens (including phenoxy) is 1. The predicted molar refractivity (Wildman–Crippen MR) is 154 cm³/mol. The van der Waals surface area contributed by atoms with Gasteiger partial charge in [-0.15, -0.1) is 0 Å². The van der Waals surface area contributed by atoms with Gasteiger partial charge in [-0.25, -0.2) is 8.42 Å². The maximum atomic E-state index is 13.9. The molecule has 0 heterocycles. The number of likely N-dealkylation sites (N-methyl/N-ethyl adjacent to an activating group) is 1. The fourth-order valence-corrected chi connectivity index (χ4v) is 5.67. The second-order valence-electron chi connectivity index (χ2n) is 9.20. The smallest absolute Gasteiger partial charge is 0.264 e. The van der Waals surface area contributed by atoms with Crippen LogP contribution in [0.3, 0.4) is 0 Å². The first-order valence-electron chi connectivity index (χ1n) is 12.5. The molecule has 0 radical (unpaired) electrons. The van der Waals surface area contributed by atoms with Crippen molar-refractivity contribution in [2.24, 2.45) is 0 Å². The van der Waals surface area contributed by atoms with Crippen molar-refractivity contribution in [3.8, 4) is 5.75 Å². The quantitative estimate of drug-likeness (QED) is 0.359. The zero-order chi connectivity index (χ0) is 28.7. The minimum Gasteiger partial charge on any atom is -0.497 e. The number of methoxy groups -OCH3 is 1. The maximum Gasteiger partial charge on any atom is 0.264 e. The van der Waals surface area contributed by atoms with Gasteiger partial charge in [-0.2, -0.15) is 0 Å². The molecule has 3 aromatic rings. The van der Waals surface area contributed by atoms with Crippen LogP contribution >= 0.6 is 11.6 Å². The summed E-state index contributed by atoms with van der Waals surface area (Å²) in [6.45, 7) is 6.97. The van der Waals surface area contributed by atoms with Crippen molar-refractivity contribution in [3.05, 3.63) is 88.4 Å². The first kappa shape index (κ1) is 30.0. The SMILES string of the molecule is CCNC(=O)[C@H](C)N(Cc1ccc(OC)cc1)C(=O)CN(c1cc(Cl)ccc1C)S(=O)(=O)c1ccc(C)cc1. The third-order valence-corrected chi connectivity index (χ3v) is 8.37. The van der Waals surface area contributed by atoms with E-state index in [2.05, 4.69) is 5.32 Å². The summed E-state index contributed by atoms with van der Waals surface area (Å²) in [6, 6.07) is 17.6. The van der Waals surface area contributed by atoms with E-state index in [0.29, 0.717) is 22.9 Å². The van der Waals surface area contributed by atoms with Gasteiger partial charge in [0.1, 0.15) is 18.3 Å². The summed E-state index contributed by atoms with van der Waals surface area (Å²) in [5.74, 6) is -0.230. The third-order valence-electron chi connectivity index (χ3n) is 6.36. The molecule has 0 aliphatic rings. The molecule has 208 valence electrons. The molecule has 0 fully saturated rings. The van der Waals surface area contributed by atoms with Gasteiger partial charge in [-0.1, -0.05) is 47.5 Å². The second-order valence-corrected chi connectivity index (χ2v) is 11.5. The molecule has 0 unspecified atom stereocenters. The normalized spacial score (nSPS) is 11.9. The Hall–Kier alpha value is -3.56. The minimum atomic E-state index is -4.17. The Bertz CT molecular complexity index is 1410. The summed E-state index contributed by atoms with van der Waals surface area (Å²) in [5, 5.41) is 3.08. The molecule has 0 saturated heterocycles. The van der Waals surface area contributed by atoms with Crippen molar-refractivity contribution in [3.63, 3.8) is 0 Å². The van der Waals surface area contributed by atoms with Crippen LogP contribution in [0.25, 0.3) is 0 Å².